The van der Waals surface area contributed by atoms with Gasteiger partial charge in [-0.15, -0.1) is 24.0 Å². The van der Waals surface area contributed by atoms with E-state index in [1.165, 1.54) is 49.7 Å². The van der Waals surface area contributed by atoms with Crippen LogP contribution in [0.25, 0.3) is 0 Å². The van der Waals surface area contributed by atoms with Gasteiger partial charge in [-0.3, -0.25) is 4.99 Å². The Hall–Kier alpha value is -1.04. The van der Waals surface area contributed by atoms with E-state index in [0.717, 1.165) is 12.3 Å². The Morgan fingerprint density at radius 1 is 1.33 bits per heavy atom. The van der Waals surface area contributed by atoms with Crippen LogP contribution >= 0.6 is 24.0 Å². The highest BCUT2D eigenvalue weighted by atomic mass is 127. The molecular weight excluding hydrogens is 510 g/mol. The predicted molar refractivity (Wildman–Crippen MR) is 123 cm³/mol. The van der Waals surface area contributed by atoms with Crippen molar-refractivity contribution in [3.05, 3.63) is 18.2 Å². The van der Waals surface area contributed by atoms with Gasteiger partial charge in [0.15, 0.2) is 5.96 Å². The SMILES string of the molecule is CCNC(=NCCC1CCCC(C)C1)NCCC(O)(c1nccn1C)C(F)(F)F.I. The van der Waals surface area contributed by atoms with Gasteiger partial charge in [-0.05, 0) is 31.6 Å². The lowest BCUT2D eigenvalue weighted by atomic mass is 9.81. The first kappa shape index (κ1) is 27.0. The minimum Gasteiger partial charge on any atom is -0.374 e. The third-order valence-corrected chi connectivity index (χ3v) is 5.64. The zero-order valence-corrected chi connectivity index (χ0v) is 20.3. The van der Waals surface area contributed by atoms with Gasteiger partial charge in [-0.25, -0.2) is 4.98 Å². The number of guanidine groups is 1. The maximum Gasteiger partial charge on any atom is 0.424 e. The molecule has 0 aromatic carbocycles. The standard InChI is InChI=1S/C20H34F3N5O.HI/c1-4-24-18(26-10-8-16-7-5-6-15(2)14-16)27-11-9-19(29,20(21,22)23)17-25-12-13-28(17)3;/h12-13,15-16,29H,4-11,14H2,1-3H3,(H2,24,26,27);1H. The van der Waals surface area contributed by atoms with Crippen LogP contribution in [0.1, 0.15) is 58.2 Å². The summed E-state index contributed by atoms with van der Waals surface area (Å²) >= 11 is 0. The molecule has 1 aromatic heterocycles. The van der Waals surface area contributed by atoms with E-state index in [9.17, 15) is 18.3 Å². The number of halogens is 4. The average Bonchev–Trinajstić information content (AvgIpc) is 3.07. The van der Waals surface area contributed by atoms with E-state index < -0.39 is 24.0 Å². The van der Waals surface area contributed by atoms with Gasteiger partial charge in [0.2, 0.25) is 5.60 Å². The Labute approximate surface area is 194 Å². The highest BCUT2D eigenvalue weighted by Crippen LogP contribution is 2.40. The molecule has 0 aliphatic heterocycles. The number of aliphatic imine (C=N–C) groups is 1. The number of rotatable bonds is 8. The molecule has 0 amide bonds. The van der Waals surface area contributed by atoms with E-state index in [-0.39, 0.29) is 30.5 Å². The molecule has 3 atom stereocenters. The first-order valence-corrected chi connectivity index (χ1v) is 10.5. The Kier molecular flexibility index (Phi) is 10.9. The second kappa shape index (κ2) is 12.1. The van der Waals surface area contributed by atoms with Crippen molar-refractivity contribution in [2.45, 2.75) is 64.1 Å². The van der Waals surface area contributed by atoms with Crippen LogP contribution in [0.5, 0.6) is 0 Å². The lowest BCUT2D eigenvalue weighted by molar-refractivity contribution is -0.272. The van der Waals surface area contributed by atoms with Crippen molar-refractivity contribution in [2.75, 3.05) is 19.6 Å². The lowest BCUT2D eigenvalue weighted by Gasteiger charge is -2.30. The number of aliphatic hydroxyl groups is 1. The van der Waals surface area contributed by atoms with E-state index >= 15 is 0 Å². The van der Waals surface area contributed by atoms with Gasteiger partial charge < -0.3 is 20.3 Å². The van der Waals surface area contributed by atoms with Crippen LogP contribution in [0.2, 0.25) is 0 Å². The summed E-state index contributed by atoms with van der Waals surface area (Å²) in [5, 5.41) is 16.4. The summed E-state index contributed by atoms with van der Waals surface area (Å²) < 4.78 is 41.9. The fourth-order valence-corrected chi connectivity index (χ4v) is 4.03. The molecular formula is C20H35F3IN5O. The van der Waals surface area contributed by atoms with Gasteiger partial charge in [0.1, 0.15) is 5.82 Å². The van der Waals surface area contributed by atoms with Crippen LogP contribution in [-0.4, -0.2) is 46.4 Å². The molecule has 3 N–H and O–H groups in total. The first-order valence-electron chi connectivity index (χ1n) is 10.5. The van der Waals surface area contributed by atoms with Gasteiger partial charge in [-0.1, -0.05) is 26.2 Å². The largest absolute Gasteiger partial charge is 0.424 e. The van der Waals surface area contributed by atoms with Crippen molar-refractivity contribution in [2.24, 2.45) is 23.9 Å². The highest BCUT2D eigenvalue weighted by Gasteiger charge is 2.57. The van der Waals surface area contributed by atoms with E-state index in [0.29, 0.717) is 25.0 Å². The average molecular weight is 545 g/mol. The summed E-state index contributed by atoms with van der Waals surface area (Å²) in [6, 6.07) is 0. The summed E-state index contributed by atoms with van der Waals surface area (Å²) in [5.41, 5.74) is -3.02. The van der Waals surface area contributed by atoms with Crippen molar-refractivity contribution in [3.63, 3.8) is 0 Å². The lowest BCUT2D eigenvalue weighted by Crippen LogP contribution is -2.48. The van der Waals surface area contributed by atoms with Gasteiger partial charge in [0, 0.05) is 45.5 Å². The molecule has 1 heterocycles. The number of alkyl halides is 3. The fraction of sp³-hybridized carbons (Fsp3) is 0.800. The molecule has 3 unspecified atom stereocenters. The van der Waals surface area contributed by atoms with Crippen molar-refractivity contribution < 1.29 is 18.3 Å². The number of nitrogens with one attached hydrogen (secondary N) is 2. The fourth-order valence-electron chi connectivity index (χ4n) is 4.03. The third kappa shape index (κ3) is 7.28. The van der Waals surface area contributed by atoms with Gasteiger partial charge in [0.05, 0.1) is 0 Å². The molecule has 1 saturated carbocycles. The molecule has 1 aromatic rings. The maximum atomic E-state index is 13.6. The molecule has 2 rings (SSSR count). The molecule has 0 saturated heterocycles. The Balaban J connectivity index is 0.00000450. The first-order chi connectivity index (χ1) is 13.7. The van der Waals surface area contributed by atoms with Gasteiger partial charge >= 0.3 is 6.18 Å². The van der Waals surface area contributed by atoms with Crippen molar-refractivity contribution in [1.82, 2.24) is 20.2 Å². The smallest absolute Gasteiger partial charge is 0.374 e. The summed E-state index contributed by atoms with van der Waals surface area (Å²) in [6.45, 7) is 5.34. The second-order valence-corrected chi connectivity index (χ2v) is 8.08. The molecule has 174 valence electrons. The van der Waals surface area contributed by atoms with Crippen LogP contribution < -0.4 is 10.6 Å². The number of nitrogens with zero attached hydrogens (tertiary/aromatic N) is 3. The van der Waals surface area contributed by atoms with Crippen LogP contribution in [0.3, 0.4) is 0 Å². The third-order valence-electron chi connectivity index (χ3n) is 5.64. The zero-order chi connectivity index (χ0) is 21.5. The summed E-state index contributed by atoms with van der Waals surface area (Å²) in [4.78, 5) is 8.22. The van der Waals surface area contributed by atoms with Gasteiger partial charge in [-0.2, -0.15) is 13.2 Å². The summed E-state index contributed by atoms with van der Waals surface area (Å²) in [5.74, 6) is 1.49. The molecule has 1 fully saturated rings. The molecule has 10 heteroatoms. The Bertz CT molecular complexity index is 667. The topological polar surface area (TPSA) is 74.5 Å². The normalized spacial score (nSPS) is 22.2. The van der Waals surface area contributed by atoms with Crippen LogP contribution in [-0.2, 0) is 12.6 Å². The predicted octanol–water partition coefficient (Wildman–Crippen LogP) is 3.95. The summed E-state index contributed by atoms with van der Waals surface area (Å²) in [7, 11) is 1.43. The van der Waals surface area contributed by atoms with Crippen molar-refractivity contribution in [1.29, 1.82) is 0 Å². The molecule has 1 aliphatic carbocycles. The molecule has 30 heavy (non-hydrogen) atoms. The van der Waals surface area contributed by atoms with Gasteiger partial charge in [0.25, 0.3) is 0 Å². The van der Waals surface area contributed by atoms with Crippen LogP contribution in [0.4, 0.5) is 13.2 Å². The van der Waals surface area contributed by atoms with E-state index in [1.807, 2.05) is 6.92 Å². The molecule has 6 nitrogen and oxygen atoms in total. The number of imidazole rings is 1. The Morgan fingerprint density at radius 3 is 2.63 bits per heavy atom. The summed E-state index contributed by atoms with van der Waals surface area (Å²) in [6.07, 6.45) is 3.23. The van der Waals surface area contributed by atoms with Crippen molar-refractivity contribution in [3.8, 4) is 0 Å². The number of aromatic nitrogens is 2. The minimum atomic E-state index is -4.83. The van der Waals surface area contributed by atoms with E-state index in [2.05, 4.69) is 27.5 Å². The number of hydrogen-bond acceptors (Lipinski definition) is 3. The second-order valence-electron chi connectivity index (χ2n) is 8.08. The van der Waals surface area contributed by atoms with Crippen LogP contribution in [0.15, 0.2) is 17.4 Å². The zero-order valence-electron chi connectivity index (χ0n) is 18.0. The minimum absolute atomic E-state index is 0. The monoisotopic (exact) mass is 545 g/mol. The number of aryl methyl sites for hydroxylation is 1. The number of hydrogen-bond donors (Lipinski definition) is 3. The molecule has 0 radical (unpaired) electrons. The van der Waals surface area contributed by atoms with Crippen molar-refractivity contribution >= 4 is 29.9 Å². The molecule has 0 spiro atoms. The highest BCUT2D eigenvalue weighted by molar-refractivity contribution is 14.0. The van der Waals surface area contributed by atoms with E-state index in [1.54, 1.807) is 0 Å². The Morgan fingerprint density at radius 2 is 2.07 bits per heavy atom. The molecule has 1 aliphatic rings. The maximum absolute atomic E-state index is 13.6. The quantitative estimate of drug-likeness (QED) is 0.263. The molecule has 0 bridgehead atoms. The van der Waals surface area contributed by atoms with E-state index in [4.69, 9.17) is 0 Å². The van der Waals surface area contributed by atoms with Crippen LogP contribution in [0, 0.1) is 11.8 Å².